The highest BCUT2D eigenvalue weighted by molar-refractivity contribution is 5.93. The zero-order chi connectivity index (χ0) is 18.0. The lowest BCUT2D eigenvalue weighted by Gasteiger charge is -2.14. The number of nitrogens with zero attached hydrogens (tertiary/aromatic N) is 1. The fraction of sp³-hybridized carbons (Fsp3) is 0.211. The molecule has 6 heteroatoms. The summed E-state index contributed by atoms with van der Waals surface area (Å²) in [5.41, 5.74) is 2.29. The molecule has 1 heterocycles. The average molecular weight is 337 g/mol. The van der Waals surface area contributed by atoms with Crippen molar-refractivity contribution >= 4 is 22.6 Å². The first-order valence-electron chi connectivity index (χ1n) is 8.11. The van der Waals surface area contributed by atoms with Crippen LogP contribution in [0, 0.1) is 6.92 Å². The van der Waals surface area contributed by atoms with Crippen LogP contribution in [0.25, 0.3) is 11.0 Å². The van der Waals surface area contributed by atoms with Crippen molar-refractivity contribution in [2.75, 3.05) is 5.32 Å². The van der Waals surface area contributed by atoms with Crippen LogP contribution in [0.3, 0.4) is 0 Å². The molecule has 0 fully saturated rings. The molecule has 0 radical (unpaired) electrons. The number of fused-ring (bicyclic) bond motifs is 1. The largest absolute Gasteiger partial charge is 0.324 e. The van der Waals surface area contributed by atoms with Gasteiger partial charge >= 0.3 is 11.1 Å². The monoisotopic (exact) mass is 337 g/mol. The van der Waals surface area contributed by atoms with Gasteiger partial charge < -0.3 is 10.3 Å². The molecule has 0 saturated heterocycles. The van der Waals surface area contributed by atoms with Gasteiger partial charge in [-0.1, -0.05) is 37.3 Å². The van der Waals surface area contributed by atoms with Crippen molar-refractivity contribution < 1.29 is 4.79 Å². The molecule has 0 aliphatic carbocycles. The third-order valence-electron chi connectivity index (χ3n) is 4.19. The summed E-state index contributed by atoms with van der Waals surface area (Å²) in [6, 6.07) is 12.7. The molecule has 0 unspecified atom stereocenters. The molecule has 1 amide bonds. The first-order chi connectivity index (χ1) is 12.0. The predicted octanol–water partition coefficient (Wildman–Crippen LogP) is 2.20. The van der Waals surface area contributed by atoms with Gasteiger partial charge in [0.05, 0.1) is 11.0 Å². The van der Waals surface area contributed by atoms with Gasteiger partial charge in [0.25, 0.3) is 0 Å². The van der Waals surface area contributed by atoms with E-state index in [-0.39, 0.29) is 12.5 Å². The van der Waals surface area contributed by atoms with E-state index in [1.54, 1.807) is 24.3 Å². The summed E-state index contributed by atoms with van der Waals surface area (Å²) in [6.45, 7) is 3.71. The van der Waals surface area contributed by atoms with Gasteiger partial charge in [0.15, 0.2) is 0 Å². The average Bonchev–Trinajstić information content (AvgIpc) is 2.60. The minimum Gasteiger partial charge on any atom is -0.324 e. The first kappa shape index (κ1) is 16.7. The molecule has 0 saturated carbocycles. The van der Waals surface area contributed by atoms with Crippen LogP contribution in [0.15, 0.2) is 52.1 Å². The molecular weight excluding hydrogens is 318 g/mol. The topological polar surface area (TPSA) is 84.0 Å². The second-order valence-corrected chi connectivity index (χ2v) is 5.87. The van der Waals surface area contributed by atoms with Crippen molar-refractivity contribution in [3.8, 4) is 0 Å². The van der Waals surface area contributed by atoms with E-state index in [0.29, 0.717) is 11.0 Å². The van der Waals surface area contributed by atoms with Crippen LogP contribution in [0.2, 0.25) is 0 Å². The zero-order valence-electron chi connectivity index (χ0n) is 14.1. The Morgan fingerprint density at radius 1 is 1.12 bits per heavy atom. The molecule has 0 bridgehead atoms. The molecule has 1 aromatic heterocycles. The van der Waals surface area contributed by atoms with Crippen LogP contribution < -0.4 is 16.4 Å². The van der Waals surface area contributed by atoms with Gasteiger partial charge in [-0.05, 0) is 36.6 Å². The van der Waals surface area contributed by atoms with Crippen LogP contribution >= 0.6 is 0 Å². The molecule has 6 nitrogen and oxygen atoms in total. The van der Waals surface area contributed by atoms with Crippen LogP contribution in [-0.4, -0.2) is 15.5 Å². The van der Waals surface area contributed by atoms with E-state index in [2.05, 4.69) is 10.3 Å². The lowest BCUT2D eigenvalue weighted by atomic mass is 10.1. The summed E-state index contributed by atoms with van der Waals surface area (Å²) in [7, 11) is 0. The van der Waals surface area contributed by atoms with E-state index in [9.17, 15) is 14.4 Å². The summed E-state index contributed by atoms with van der Waals surface area (Å²) >= 11 is 0. The summed E-state index contributed by atoms with van der Waals surface area (Å²) in [6.07, 6.45) is 0.783. The normalized spacial score (nSPS) is 10.8. The van der Waals surface area contributed by atoms with Crippen molar-refractivity contribution in [2.45, 2.75) is 26.8 Å². The summed E-state index contributed by atoms with van der Waals surface area (Å²) < 4.78 is 1.20. The molecule has 0 spiro atoms. The number of hydrogen-bond acceptors (Lipinski definition) is 3. The molecule has 0 aliphatic heterocycles. The van der Waals surface area contributed by atoms with E-state index >= 15 is 0 Å². The zero-order valence-corrected chi connectivity index (χ0v) is 14.1. The maximum atomic E-state index is 12.5. The van der Waals surface area contributed by atoms with Crippen LogP contribution in [0.5, 0.6) is 0 Å². The molecule has 3 rings (SSSR count). The fourth-order valence-corrected chi connectivity index (χ4v) is 2.90. The number of carbonyl (C=O) groups is 1. The predicted molar refractivity (Wildman–Crippen MR) is 98.0 cm³/mol. The third-order valence-corrected chi connectivity index (χ3v) is 4.19. The second kappa shape index (κ2) is 6.76. The first-order valence-corrected chi connectivity index (χ1v) is 8.11. The van der Waals surface area contributed by atoms with E-state index < -0.39 is 11.1 Å². The number of H-pyrrole nitrogens is 1. The minimum atomic E-state index is -0.741. The van der Waals surface area contributed by atoms with Gasteiger partial charge in [0.2, 0.25) is 5.91 Å². The Hall–Kier alpha value is -3.15. The summed E-state index contributed by atoms with van der Waals surface area (Å²) in [4.78, 5) is 39.1. The standard InChI is InChI=1S/C19H19N3O3/c1-3-13-8-6-7-12(2)17(13)21-16(23)11-22-15-10-5-4-9-14(15)20-18(24)19(22)25/h4-10H,3,11H2,1-2H3,(H,20,24)(H,21,23). The molecule has 2 aromatic carbocycles. The van der Waals surface area contributed by atoms with Gasteiger partial charge in [0.1, 0.15) is 6.54 Å². The Bertz CT molecular complexity index is 1060. The number of aromatic amines is 1. The van der Waals surface area contributed by atoms with E-state index in [1.807, 2.05) is 32.0 Å². The number of para-hydroxylation sites is 3. The number of benzene rings is 2. The Morgan fingerprint density at radius 2 is 1.88 bits per heavy atom. The van der Waals surface area contributed by atoms with Crippen LogP contribution in [-0.2, 0) is 17.8 Å². The van der Waals surface area contributed by atoms with Gasteiger partial charge in [-0.15, -0.1) is 0 Å². The Labute approximate surface area is 144 Å². The highest BCUT2D eigenvalue weighted by atomic mass is 16.2. The van der Waals surface area contributed by atoms with Crippen LogP contribution in [0.4, 0.5) is 5.69 Å². The molecule has 25 heavy (non-hydrogen) atoms. The lowest BCUT2D eigenvalue weighted by molar-refractivity contribution is -0.116. The summed E-state index contributed by atoms with van der Waals surface area (Å²) in [5.74, 6) is -0.346. The SMILES string of the molecule is CCc1cccc(C)c1NC(=O)Cn1c(=O)c(=O)[nH]c2ccccc21. The fourth-order valence-electron chi connectivity index (χ4n) is 2.90. The smallest absolute Gasteiger partial charge is 0.317 e. The maximum absolute atomic E-state index is 12.5. The van der Waals surface area contributed by atoms with Crippen molar-refractivity contribution in [3.05, 3.63) is 74.3 Å². The highest BCUT2D eigenvalue weighted by Gasteiger charge is 2.13. The molecule has 2 N–H and O–H groups in total. The van der Waals surface area contributed by atoms with Gasteiger partial charge in [-0.25, -0.2) is 0 Å². The number of aromatic nitrogens is 2. The second-order valence-electron chi connectivity index (χ2n) is 5.87. The number of amides is 1. The van der Waals surface area contributed by atoms with Gasteiger partial charge in [-0.3, -0.25) is 19.0 Å². The molecular formula is C19H19N3O3. The maximum Gasteiger partial charge on any atom is 0.317 e. The number of rotatable bonds is 4. The number of nitrogens with one attached hydrogen (secondary N) is 2. The van der Waals surface area contributed by atoms with Crippen molar-refractivity contribution in [1.29, 1.82) is 0 Å². The lowest BCUT2D eigenvalue weighted by Crippen LogP contribution is -2.38. The van der Waals surface area contributed by atoms with Gasteiger partial charge in [-0.2, -0.15) is 0 Å². The Balaban J connectivity index is 1.98. The summed E-state index contributed by atoms with van der Waals surface area (Å²) in [5, 5.41) is 2.88. The van der Waals surface area contributed by atoms with E-state index in [1.165, 1.54) is 4.57 Å². The Kier molecular flexibility index (Phi) is 4.52. The minimum absolute atomic E-state index is 0.221. The number of aryl methyl sites for hydroxylation is 2. The number of anilines is 1. The number of carbonyl (C=O) groups excluding carboxylic acids is 1. The molecule has 3 aromatic rings. The molecule has 0 aliphatic rings. The quantitative estimate of drug-likeness (QED) is 0.716. The van der Waals surface area contributed by atoms with Crippen molar-refractivity contribution in [1.82, 2.24) is 9.55 Å². The molecule has 128 valence electrons. The number of hydrogen-bond donors (Lipinski definition) is 2. The Morgan fingerprint density at radius 3 is 2.64 bits per heavy atom. The van der Waals surface area contributed by atoms with E-state index in [0.717, 1.165) is 23.2 Å². The highest BCUT2D eigenvalue weighted by Crippen LogP contribution is 2.21. The van der Waals surface area contributed by atoms with E-state index in [4.69, 9.17) is 0 Å². The van der Waals surface area contributed by atoms with Crippen LogP contribution in [0.1, 0.15) is 18.1 Å². The van der Waals surface area contributed by atoms with Crippen molar-refractivity contribution in [3.63, 3.8) is 0 Å². The third kappa shape index (κ3) is 3.24. The van der Waals surface area contributed by atoms with Gasteiger partial charge in [0, 0.05) is 5.69 Å². The van der Waals surface area contributed by atoms with Crippen molar-refractivity contribution in [2.24, 2.45) is 0 Å². The molecule has 0 atom stereocenters.